The van der Waals surface area contributed by atoms with Crippen LogP contribution in [0.4, 0.5) is 4.39 Å². The molecule has 0 spiro atoms. The second-order valence-corrected chi connectivity index (χ2v) is 4.60. The third-order valence-corrected chi connectivity index (χ3v) is 2.95. The lowest BCUT2D eigenvalue weighted by atomic mass is 10.1. The first-order chi connectivity index (χ1) is 10.1. The Balaban J connectivity index is 2.51. The number of carbonyl (C=O) groups is 1. The lowest BCUT2D eigenvalue weighted by Gasteiger charge is -2.14. The van der Waals surface area contributed by atoms with Gasteiger partial charge < -0.3 is 20.1 Å². The van der Waals surface area contributed by atoms with Crippen LogP contribution in [-0.4, -0.2) is 39.3 Å². The Morgan fingerprint density at radius 1 is 1.43 bits per heavy atom. The van der Waals surface area contributed by atoms with Crippen molar-refractivity contribution in [1.29, 1.82) is 0 Å². The first-order valence-corrected chi connectivity index (χ1v) is 6.99. The van der Waals surface area contributed by atoms with Gasteiger partial charge in [0.1, 0.15) is 0 Å². The van der Waals surface area contributed by atoms with E-state index < -0.39 is 5.82 Å². The third-order valence-electron chi connectivity index (χ3n) is 2.95. The number of ether oxygens (including phenoxy) is 2. The molecule has 1 rings (SSSR count). The van der Waals surface area contributed by atoms with E-state index in [4.69, 9.17) is 9.47 Å². The van der Waals surface area contributed by atoms with Crippen molar-refractivity contribution >= 4 is 5.91 Å². The van der Waals surface area contributed by atoms with E-state index in [1.54, 1.807) is 19.2 Å². The summed E-state index contributed by atoms with van der Waals surface area (Å²) in [4.78, 5) is 11.4. The van der Waals surface area contributed by atoms with Gasteiger partial charge in [0, 0.05) is 19.7 Å². The second-order valence-electron chi connectivity index (χ2n) is 4.60. The average Bonchev–Trinajstić information content (AvgIpc) is 2.46. The zero-order valence-corrected chi connectivity index (χ0v) is 12.7. The molecule has 0 saturated heterocycles. The molecule has 1 unspecified atom stereocenters. The maximum Gasteiger partial charge on any atom is 0.258 e. The van der Waals surface area contributed by atoms with Crippen LogP contribution in [0.5, 0.6) is 5.75 Å². The Hall–Kier alpha value is -1.66. The molecule has 0 saturated carbocycles. The van der Waals surface area contributed by atoms with Crippen molar-refractivity contribution in [2.24, 2.45) is 0 Å². The highest BCUT2D eigenvalue weighted by Gasteiger charge is 2.10. The molecule has 5 nitrogen and oxygen atoms in total. The SMILES string of the molecule is CCNC(C)c1ccc(OCC(=O)NCCOC)c(F)c1. The summed E-state index contributed by atoms with van der Waals surface area (Å²) in [6, 6.07) is 4.82. The molecule has 1 aromatic carbocycles. The Kier molecular flexibility index (Phi) is 7.71. The number of benzene rings is 1. The molecule has 0 aliphatic heterocycles. The highest BCUT2D eigenvalue weighted by molar-refractivity contribution is 5.77. The van der Waals surface area contributed by atoms with E-state index in [-0.39, 0.29) is 24.3 Å². The number of hydrogen-bond donors (Lipinski definition) is 2. The Labute approximate surface area is 124 Å². The van der Waals surface area contributed by atoms with Gasteiger partial charge in [0.25, 0.3) is 5.91 Å². The quantitative estimate of drug-likeness (QED) is 0.680. The van der Waals surface area contributed by atoms with Crippen molar-refractivity contribution in [2.75, 3.05) is 33.4 Å². The summed E-state index contributed by atoms with van der Waals surface area (Å²) in [6.07, 6.45) is 0. The molecule has 1 atom stereocenters. The lowest BCUT2D eigenvalue weighted by molar-refractivity contribution is -0.123. The standard InChI is InChI=1S/C15H23FN2O3/c1-4-17-11(2)12-5-6-14(13(16)9-12)21-10-15(19)18-7-8-20-3/h5-6,9,11,17H,4,7-8,10H2,1-3H3,(H,18,19). The highest BCUT2D eigenvalue weighted by Crippen LogP contribution is 2.21. The van der Waals surface area contributed by atoms with E-state index in [2.05, 4.69) is 10.6 Å². The van der Waals surface area contributed by atoms with E-state index in [0.717, 1.165) is 12.1 Å². The minimum atomic E-state index is -0.470. The summed E-state index contributed by atoms with van der Waals surface area (Å²) in [5, 5.41) is 5.80. The summed E-state index contributed by atoms with van der Waals surface area (Å²) in [5.41, 5.74) is 0.839. The van der Waals surface area contributed by atoms with E-state index in [9.17, 15) is 9.18 Å². The zero-order valence-electron chi connectivity index (χ0n) is 12.7. The number of nitrogens with one attached hydrogen (secondary N) is 2. The predicted molar refractivity (Wildman–Crippen MR) is 78.9 cm³/mol. The smallest absolute Gasteiger partial charge is 0.258 e. The second kappa shape index (κ2) is 9.31. The van der Waals surface area contributed by atoms with Crippen molar-refractivity contribution < 1.29 is 18.7 Å². The van der Waals surface area contributed by atoms with E-state index in [0.29, 0.717) is 13.2 Å². The molecule has 0 aliphatic rings. The van der Waals surface area contributed by atoms with E-state index in [1.807, 2.05) is 13.8 Å². The predicted octanol–water partition coefficient (Wildman–Crippen LogP) is 1.64. The molecule has 0 fully saturated rings. The van der Waals surface area contributed by atoms with Gasteiger partial charge in [-0.25, -0.2) is 4.39 Å². The Morgan fingerprint density at radius 3 is 2.81 bits per heavy atom. The van der Waals surface area contributed by atoms with Crippen LogP contribution in [0.3, 0.4) is 0 Å². The number of halogens is 1. The van der Waals surface area contributed by atoms with Gasteiger partial charge in [0.2, 0.25) is 0 Å². The number of carbonyl (C=O) groups excluding carboxylic acids is 1. The van der Waals surface area contributed by atoms with Crippen LogP contribution in [0.15, 0.2) is 18.2 Å². The van der Waals surface area contributed by atoms with Gasteiger partial charge in [0.15, 0.2) is 18.2 Å². The monoisotopic (exact) mass is 298 g/mol. The molecule has 1 aromatic rings. The fourth-order valence-electron chi connectivity index (χ4n) is 1.81. The molecular formula is C15H23FN2O3. The Bertz CT molecular complexity index is 455. The number of rotatable bonds is 9. The normalized spacial score (nSPS) is 12.0. The molecule has 0 bridgehead atoms. The fourth-order valence-corrected chi connectivity index (χ4v) is 1.81. The van der Waals surface area contributed by atoms with Gasteiger partial charge in [-0.3, -0.25) is 4.79 Å². The van der Waals surface area contributed by atoms with Gasteiger partial charge in [-0.2, -0.15) is 0 Å². The molecular weight excluding hydrogens is 275 g/mol. The molecule has 0 aliphatic carbocycles. The maximum absolute atomic E-state index is 13.9. The minimum Gasteiger partial charge on any atom is -0.481 e. The van der Waals surface area contributed by atoms with Gasteiger partial charge >= 0.3 is 0 Å². The zero-order chi connectivity index (χ0) is 15.7. The van der Waals surface area contributed by atoms with E-state index in [1.165, 1.54) is 6.07 Å². The number of hydrogen-bond acceptors (Lipinski definition) is 4. The Morgan fingerprint density at radius 2 is 2.19 bits per heavy atom. The average molecular weight is 298 g/mol. The van der Waals surface area contributed by atoms with E-state index >= 15 is 0 Å². The largest absolute Gasteiger partial charge is 0.481 e. The van der Waals surface area contributed by atoms with Crippen LogP contribution in [0.25, 0.3) is 0 Å². The number of methoxy groups -OCH3 is 1. The molecule has 21 heavy (non-hydrogen) atoms. The van der Waals surface area contributed by atoms with Crippen molar-refractivity contribution in [1.82, 2.24) is 10.6 Å². The molecule has 0 heterocycles. The fraction of sp³-hybridized carbons (Fsp3) is 0.533. The summed E-state index contributed by atoms with van der Waals surface area (Å²) >= 11 is 0. The molecule has 0 radical (unpaired) electrons. The topological polar surface area (TPSA) is 59.6 Å². The van der Waals surface area contributed by atoms with Crippen molar-refractivity contribution in [2.45, 2.75) is 19.9 Å². The summed E-state index contributed by atoms with van der Waals surface area (Å²) < 4.78 is 23.9. The summed E-state index contributed by atoms with van der Waals surface area (Å²) in [6.45, 7) is 5.37. The van der Waals surface area contributed by atoms with Crippen LogP contribution in [0.1, 0.15) is 25.5 Å². The molecule has 6 heteroatoms. The molecule has 118 valence electrons. The molecule has 2 N–H and O–H groups in total. The van der Waals surface area contributed by atoms with Crippen molar-refractivity contribution in [3.05, 3.63) is 29.6 Å². The van der Waals surface area contributed by atoms with Crippen LogP contribution < -0.4 is 15.4 Å². The maximum atomic E-state index is 13.9. The summed E-state index contributed by atoms with van der Waals surface area (Å²) in [5.74, 6) is -0.706. The van der Waals surface area contributed by atoms with Gasteiger partial charge in [-0.1, -0.05) is 13.0 Å². The number of amides is 1. The first kappa shape index (κ1) is 17.4. The van der Waals surface area contributed by atoms with Crippen LogP contribution in [0.2, 0.25) is 0 Å². The van der Waals surface area contributed by atoms with Crippen molar-refractivity contribution in [3.63, 3.8) is 0 Å². The van der Waals surface area contributed by atoms with Crippen LogP contribution in [0, 0.1) is 5.82 Å². The summed E-state index contributed by atoms with van der Waals surface area (Å²) in [7, 11) is 1.55. The van der Waals surface area contributed by atoms with Gasteiger partial charge in [-0.05, 0) is 31.2 Å². The van der Waals surface area contributed by atoms with Gasteiger partial charge in [-0.15, -0.1) is 0 Å². The molecule has 0 aromatic heterocycles. The minimum absolute atomic E-state index is 0.0656. The van der Waals surface area contributed by atoms with Crippen LogP contribution >= 0.6 is 0 Å². The van der Waals surface area contributed by atoms with Crippen molar-refractivity contribution in [3.8, 4) is 5.75 Å². The third kappa shape index (κ3) is 6.10. The highest BCUT2D eigenvalue weighted by atomic mass is 19.1. The molecule has 1 amide bonds. The van der Waals surface area contributed by atoms with Gasteiger partial charge in [0.05, 0.1) is 6.61 Å². The lowest BCUT2D eigenvalue weighted by Crippen LogP contribution is -2.31. The van der Waals surface area contributed by atoms with Crippen LogP contribution in [-0.2, 0) is 9.53 Å². The first-order valence-electron chi connectivity index (χ1n) is 6.99.